The van der Waals surface area contributed by atoms with E-state index >= 15 is 0 Å². The molecule has 1 N–H and O–H groups in total. The molecule has 0 spiro atoms. The first-order valence-corrected chi connectivity index (χ1v) is 6.98. The zero-order chi connectivity index (χ0) is 15.6. The number of piperazine rings is 1. The van der Waals surface area contributed by atoms with Crippen molar-refractivity contribution in [3.8, 4) is 0 Å². The smallest absolute Gasteiger partial charge is 0.337 e. The van der Waals surface area contributed by atoms with Crippen LogP contribution >= 0.6 is 0 Å². The highest BCUT2D eigenvalue weighted by molar-refractivity contribution is 5.79. The standard InChI is InChI=1S/C15H19F3N2O/c1-10-11(2)20(8-7-19-10)14(21)9-12-3-5-13(6-4-12)15(16,17)18/h3-6,10-11,19H,7-9H2,1-2H3. The number of carbonyl (C=O) groups is 1. The number of rotatable bonds is 2. The third-order valence-corrected chi connectivity index (χ3v) is 3.99. The molecule has 1 aromatic carbocycles. The molecule has 1 fully saturated rings. The summed E-state index contributed by atoms with van der Waals surface area (Å²) >= 11 is 0. The lowest BCUT2D eigenvalue weighted by molar-refractivity contribution is -0.137. The fourth-order valence-electron chi connectivity index (χ4n) is 2.50. The van der Waals surface area contributed by atoms with Crippen LogP contribution in [-0.4, -0.2) is 36.0 Å². The van der Waals surface area contributed by atoms with Crippen LogP contribution in [-0.2, 0) is 17.4 Å². The first-order valence-electron chi connectivity index (χ1n) is 6.98. The summed E-state index contributed by atoms with van der Waals surface area (Å²) in [6.07, 6.45) is -4.21. The van der Waals surface area contributed by atoms with Gasteiger partial charge in [-0.05, 0) is 31.5 Å². The zero-order valence-electron chi connectivity index (χ0n) is 12.1. The Bertz CT molecular complexity index is 499. The van der Waals surface area contributed by atoms with E-state index in [1.807, 2.05) is 13.8 Å². The van der Waals surface area contributed by atoms with E-state index in [1.54, 1.807) is 4.90 Å². The predicted octanol–water partition coefficient (Wildman–Crippen LogP) is 2.46. The molecule has 1 heterocycles. The van der Waals surface area contributed by atoms with Crippen LogP contribution < -0.4 is 5.32 Å². The minimum Gasteiger partial charge on any atom is -0.337 e. The number of nitrogens with zero attached hydrogens (tertiary/aromatic N) is 1. The second-order valence-corrected chi connectivity index (χ2v) is 5.44. The molecular weight excluding hydrogens is 281 g/mol. The van der Waals surface area contributed by atoms with Crippen molar-refractivity contribution in [2.24, 2.45) is 0 Å². The van der Waals surface area contributed by atoms with Crippen molar-refractivity contribution in [3.05, 3.63) is 35.4 Å². The van der Waals surface area contributed by atoms with Gasteiger partial charge in [0.1, 0.15) is 0 Å². The maximum atomic E-state index is 12.5. The molecule has 1 aliphatic rings. The van der Waals surface area contributed by atoms with Crippen LogP contribution in [0.3, 0.4) is 0 Å². The highest BCUT2D eigenvalue weighted by Gasteiger charge is 2.30. The third-order valence-electron chi connectivity index (χ3n) is 3.99. The van der Waals surface area contributed by atoms with Crippen molar-refractivity contribution in [1.29, 1.82) is 0 Å². The molecule has 0 radical (unpaired) electrons. The number of hydrogen-bond acceptors (Lipinski definition) is 2. The first kappa shape index (κ1) is 15.8. The molecule has 2 atom stereocenters. The van der Waals surface area contributed by atoms with Crippen LogP contribution in [0.5, 0.6) is 0 Å². The minimum absolute atomic E-state index is 0.0457. The summed E-state index contributed by atoms with van der Waals surface area (Å²) in [7, 11) is 0. The monoisotopic (exact) mass is 300 g/mol. The van der Waals surface area contributed by atoms with Crippen molar-refractivity contribution >= 4 is 5.91 Å². The van der Waals surface area contributed by atoms with Gasteiger partial charge < -0.3 is 10.2 Å². The summed E-state index contributed by atoms with van der Waals surface area (Å²) in [5.74, 6) is -0.0457. The number of halogens is 3. The van der Waals surface area contributed by atoms with E-state index in [9.17, 15) is 18.0 Å². The molecule has 0 saturated carbocycles. The van der Waals surface area contributed by atoms with Crippen LogP contribution in [0.4, 0.5) is 13.2 Å². The Kier molecular flexibility index (Phi) is 4.56. The molecule has 1 amide bonds. The van der Waals surface area contributed by atoms with Gasteiger partial charge in [0.15, 0.2) is 0 Å². The number of alkyl halides is 3. The lowest BCUT2D eigenvalue weighted by Crippen LogP contribution is -2.57. The molecular formula is C15H19F3N2O. The minimum atomic E-state index is -4.34. The highest BCUT2D eigenvalue weighted by Crippen LogP contribution is 2.29. The molecule has 3 nitrogen and oxygen atoms in total. The van der Waals surface area contributed by atoms with Gasteiger partial charge in [0.05, 0.1) is 12.0 Å². The van der Waals surface area contributed by atoms with Gasteiger partial charge in [0.25, 0.3) is 0 Å². The Hall–Kier alpha value is -1.56. The average molecular weight is 300 g/mol. The lowest BCUT2D eigenvalue weighted by atomic mass is 10.0. The van der Waals surface area contributed by atoms with Gasteiger partial charge in [0.2, 0.25) is 5.91 Å². The molecule has 21 heavy (non-hydrogen) atoms. The highest BCUT2D eigenvalue weighted by atomic mass is 19.4. The maximum Gasteiger partial charge on any atom is 0.416 e. The van der Waals surface area contributed by atoms with Crippen LogP contribution in [0.15, 0.2) is 24.3 Å². The third kappa shape index (κ3) is 3.75. The van der Waals surface area contributed by atoms with Crippen molar-refractivity contribution in [1.82, 2.24) is 10.2 Å². The Balaban J connectivity index is 2.02. The fourth-order valence-corrected chi connectivity index (χ4v) is 2.50. The van der Waals surface area contributed by atoms with Gasteiger partial charge in [-0.2, -0.15) is 13.2 Å². The molecule has 2 rings (SSSR count). The van der Waals surface area contributed by atoms with Gasteiger partial charge in [-0.1, -0.05) is 12.1 Å². The Morgan fingerprint density at radius 3 is 2.48 bits per heavy atom. The first-order chi connectivity index (χ1) is 9.79. The average Bonchev–Trinajstić information content (AvgIpc) is 2.41. The fraction of sp³-hybridized carbons (Fsp3) is 0.533. The molecule has 1 aromatic rings. The number of benzene rings is 1. The second-order valence-electron chi connectivity index (χ2n) is 5.44. The van der Waals surface area contributed by atoms with E-state index in [1.165, 1.54) is 12.1 Å². The second kappa shape index (κ2) is 6.05. The normalized spacial score (nSPS) is 23.2. The largest absolute Gasteiger partial charge is 0.416 e. The van der Waals surface area contributed by atoms with E-state index in [0.717, 1.165) is 18.7 Å². The Labute approximate surface area is 122 Å². The summed E-state index contributed by atoms with van der Waals surface area (Å²) in [5.41, 5.74) is -0.0887. The zero-order valence-corrected chi connectivity index (χ0v) is 12.1. The van der Waals surface area contributed by atoms with Crippen molar-refractivity contribution in [2.75, 3.05) is 13.1 Å². The van der Waals surface area contributed by atoms with E-state index in [2.05, 4.69) is 5.32 Å². The Morgan fingerprint density at radius 1 is 1.29 bits per heavy atom. The van der Waals surface area contributed by atoms with Gasteiger partial charge in [-0.15, -0.1) is 0 Å². The van der Waals surface area contributed by atoms with Gasteiger partial charge >= 0.3 is 6.18 Å². The topological polar surface area (TPSA) is 32.3 Å². The summed E-state index contributed by atoms with van der Waals surface area (Å²) in [5, 5.41) is 3.29. The quantitative estimate of drug-likeness (QED) is 0.910. The van der Waals surface area contributed by atoms with E-state index in [0.29, 0.717) is 12.1 Å². The molecule has 2 unspecified atom stereocenters. The number of nitrogens with one attached hydrogen (secondary N) is 1. The number of amides is 1. The molecule has 116 valence electrons. The van der Waals surface area contributed by atoms with Crippen molar-refractivity contribution < 1.29 is 18.0 Å². The summed E-state index contributed by atoms with van der Waals surface area (Å²) in [4.78, 5) is 14.1. The lowest BCUT2D eigenvalue weighted by Gasteiger charge is -2.38. The van der Waals surface area contributed by atoms with Gasteiger partial charge in [-0.25, -0.2) is 0 Å². The summed E-state index contributed by atoms with van der Waals surface area (Å²) in [6, 6.07) is 5.09. The molecule has 0 bridgehead atoms. The van der Waals surface area contributed by atoms with Gasteiger partial charge in [0, 0.05) is 25.2 Å². The molecule has 1 aliphatic heterocycles. The summed E-state index contributed by atoms with van der Waals surface area (Å²) < 4.78 is 37.5. The van der Waals surface area contributed by atoms with E-state index in [4.69, 9.17) is 0 Å². The number of hydrogen-bond donors (Lipinski definition) is 1. The number of carbonyl (C=O) groups excluding carboxylic acids is 1. The molecule has 0 aliphatic carbocycles. The molecule has 1 saturated heterocycles. The Morgan fingerprint density at radius 2 is 1.90 bits per heavy atom. The van der Waals surface area contributed by atoms with Crippen LogP contribution in [0.1, 0.15) is 25.0 Å². The van der Waals surface area contributed by atoms with E-state index < -0.39 is 11.7 Å². The molecule has 0 aromatic heterocycles. The maximum absolute atomic E-state index is 12.5. The van der Waals surface area contributed by atoms with Gasteiger partial charge in [-0.3, -0.25) is 4.79 Å². The van der Waals surface area contributed by atoms with Crippen LogP contribution in [0.25, 0.3) is 0 Å². The van der Waals surface area contributed by atoms with Crippen LogP contribution in [0, 0.1) is 0 Å². The van der Waals surface area contributed by atoms with Crippen molar-refractivity contribution in [2.45, 2.75) is 38.5 Å². The van der Waals surface area contributed by atoms with Crippen molar-refractivity contribution in [3.63, 3.8) is 0 Å². The summed E-state index contributed by atoms with van der Waals surface area (Å²) in [6.45, 7) is 5.36. The SMILES string of the molecule is CC1NCCN(C(=O)Cc2ccc(C(F)(F)F)cc2)C1C. The van der Waals surface area contributed by atoms with E-state index in [-0.39, 0.29) is 24.4 Å². The predicted molar refractivity (Wildman–Crippen MR) is 73.8 cm³/mol. The van der Waals surface area contributed by atoms with Crippen LogP contribution in [0.2, 0.25) is 0 Å². The molecule has 6 heteroatoms.